The van der Waals surface area contributed by atoms with Crippen molar-refractivity contribution in [2.45, 2.75) is 44.2 Å². The summed E-state index contributed by atoms with van der Waals surface area (Å²) >= 11 is 6.39. The molecule has 1 N–H and O–H groups in total. The van der Waals surface area contributed by atoms with Crippen LogP contribution in [0.25, 0.3) is 0 Å². The van der Waals surface area contributed by atoms with Crippen LogP contribution in [0, 0.1) is 6.92 Å². The number of nitrogens with zero attached hydrogens (tertiary/aromatic N) is 3. The van der Waals surface area contributed by atoms with E-state index in [0.717, 1.165) is 31.5 Å². The lowest BCUT2D eigenvalue weighted by Gasteiger charge is -2.28. The summed E-state index contributed by atoms with van der Waals surface area (Å²) in [6.07, 6.45) is 3.82. The van der Waals surface area contributed by atoms with Crippen LogP contribution in [0.1, 0.15) is 37.1 Å². The highest BCUT2D eigenvalue weighted by Crippen LogP contribution is 2.30. The standard InChI is InChI=1S/C18H25ClN4O2S/c1-3-23-13-18(14(2)21-23)26(24,25)20-12-17(22-10-6-7-11-22)15-8-4-5-9-16(15)19/h4-5,8-9,13,17,20H,3,6-7,10-12H2,1-2H3. The minimum Gasteiger partial charge on any atom is -0.295 e. The van der Waals surface area contributed by atoms with Crippen LogP contribution in [0.4, 0.5) is 0 Å². The van der Waals surface area contributed by atoms with Gasteiger partial charge in [0, 0.05) is 30.4 Å². The van der Waals surface area contributed by atoms with Gasteiger partial charge in [-0.1, -0.05) is 29.8 Å². The monoisotopic (exact) mass is 396 g/mol. The fraction of sp³-hybridized carbons (Fsp3) is 0.500. The highest BCUT2D eigenvalue weighted by molar-refractivity contribution is 7.89. The average Bonchev–Trinajstić information content (AvgIpc) is 3.26. The van der Waals surface area contributed by atoms with Gasteiger partial charge in [-0.05, 0) is 51.4 Å². The van der Waals surface area contributed by atoms with Gasteiger partial charge < -0.3 is 0 Å². The van der Waals surface area contributed by atoms with Crippen molar-refractivity contribution in [2.24, 2.45) is 0 Å². The summed E-state index contributed by atoms with van der Waals surface area (Å²) in [6, 6.07) is 7.57. The predicted octanol–water partition coefficient (Wildman–Crippen LogP) is 2.98. The largest absolute Gasteiger partial charge is 0.295 e. The van der Waals surface area contributed by atoms with Crippen LogP contribution in [-0.4, -0.2) is 42.7 Å². The molecule has 1 aliphatic heterocycles. The minimum atomic E-state index is -3.63. The molecule has 0 aliphatic carbocycles. The van der Waals surface area contributed by atoms with E-state index in [-0.39, 0.29) is 17.5 Å². The molecule has 0 spiro atoms. The maximum absolute atomic E-state index is 12.8. The van der Waals surface area contributed by atoms with Crippen LogP contribution in [0.2, 0.25) is 5.02 Å². The zero-order valence-electron chi connectivity index (χ0n) is 15.2. The van der Waals surface area contributed by atoms with Crippen molar-refractivity contribution in [1.82, 2.24) is 19.4 Å². The Labute approximate surface area is 160 Å². The Hall–Kier alpha value is -1.41. The lowest BCUT2D eigenvalue weighted by Crippen LogP contribution is -2.37. The third-order valence-corrected chi connectivity index (χ3v) is 6.70. The number of benzene rings is 1. The first kappa shape index (κ1) is 19.4. The summed E-state index contributed by atoms with van der Waals surface area (Å²) in [5.74, 6) is 0. The van der Waals surface area contributed by atoms with Crippen molar-refractivity contribution < 1.29 is 8.42 Å². The number of rotatable bonds is 7. The van der Waals surface area contributed by atoms with E-state index in [9.17, 15) is 8.42 Å². The summed E-state index contributed by atoms with van der Waals surface area (Å²) in [7, 11) is -3.63. The summed E-state index contributed by atoms with van der Waals surface area (Å²) < 4.78 is 30.0. The molecule has 26 heavy (non-hydrogen) atoms. The molecule has 3 rings (SSSR count). The fourth-order valence-corrected chi connectivity index (χ4v) is 4.91. The second-order valence-electron chi connectivity index (χ2n) is 6.57. The van der Waals surface area contributed by atoms with Crippen molar-refractivity contribution in [1.29, 1.82) is 0 Å². The lowest BCUT2D eigenvalue weighted by molar-refractivity contribution is 0.246. The SMILES string of the molecule is CCn1cc(S(=O)(=O)NCC(c2ccccc2Cl)N2CCCC2)c(C)n1. The molecule has 8 heteroatoms. The Morgan fingerprint density at radius 1 is 1.27 bits per heavy atom. The molecule has 1 aliphatic rings. The Morgan fingerprint density at radius 2 is 1.96 bits per heavy atom. The van der Waals surface area contributed by atoms with Crippen molar-refractivity contribution in [3.8, 4) is 0 Å². The molecule has 0 radical (unpaired) electrons. The molecule has 2 heterocycles. The Morgan fingerprint density at radius 3 is 2.58 bits per heavy atom. The van der Waals surface area contributed by atoms with E-state index in [1.807, 2.05) is 31.2 Å². The molecule has 0 amide bonds. The number of halogens is 1. The van der Waals surface area contributed by atoms with Crippen molar-refractivity contribution in [3.63, 3.8) is 0 Å². The molecular formula is C18H25ClN4O2S. The van der Waals surface area contributed by atoms with E-state index in [1.54, 1.807) is 17.8 Å². The van der Waals surface area contributed by atoms with Crippen molar-refractivity contribution in [2.75, 3.05) is 19.6 Å². The molecule has 6 nitrogen and oxygen atoms in total. The number of hydrogen-bond acceptors (Lipinski definition) is 4. The molecule has 0 bridgehead atoms. The number of aromatic nitrogens is 2. The van der Waals surface area contributed by atoms with Gasteiger partial charge in [-0.25, -0.2) is 13.1 Å². The zero-order valence-corrected chi connectivity index (χ0v) is 16.7. The summed E-state index contributed by atoms with van der Waals surface area (Å²) in [6.45, 7) is 6.45. The summed E-state index contributed by atoms with van der Waals surface area (Å²) in [4.78, 5) is 2.53. The molecule has 1 atom stereocenters. The van der Waals surface area contributed by atoms with Gasteiger partial charge in [0.15, 0.2) is 0 Å². The van der Waals surface area contributed by atoms with Gasteiger partial charge in [0.1, 0.15) is 4.90 Å². The molecule has 1 unspecified atom stereocenters. The van der Waals surface area contributed by atoms with Gasteiger partial charge in [-0.15, -0.1) is 0 Å². The lowest BCUT2D eigenvalue weighted by atomic mass is 10.1. The van der Waals surface area contributed by atoms with Crippen LogP contribution in [0.5, 0.6) is 0 Å². The van der Waals surface area contributed by atoms with E-state index in [2.05, 4.69) is 14.7 Å². The maximum Gasteiger partial charge on any atom is 0.244 e. The quantitative estimate of drug-likeness (QED) is 0.781. The first-order valence-electron chi connectivity index (χ1n) is 8.94. The minimum absolute atomic E-state index is 0.0810. The van der Waals surface area contributed by atoms with E-state index in [4.69, 9.17) is 11.6 Å². The topological polar surface area (TPSA) is 67.2 Å². The second kappa shape index (κ2) is 8.08. The predicted molar refractivity (Wildman–Crippen MR) is 103 cm³/mol. The molecule has 1 fully saturated rings. The third-order valence-electron chi connectivity index (χ3n) is 4.83. The third kappa shape index (κ3) is 4.11. The number of aryl methyl sites for hydroxylation is 2. The van der Waals surface area contributed by atoms with Gasteiger partial charge in [0.05, 0.1) is 5.69 Å². The van der Waals surface area contributed by atoms with E-state index < -0.39 is 10.0 Å². The number of hydrogen-bond donors (Lipinski definition) is 1. The van der Waals surface area contributed by atoms with Crippen LogP contribution >= 0.6 is 11.6 Å². The van der Waals surface area contributed by atoms with Crippen molar-refractivity contribution in [3.05, 3.63) is 46.7 Å². The zero-order chi connectivity index (χ0) is 18.7. The van der Waals surface area contributed by atoms with Gasteiger partial charge in [-0.2, -0.15) is 5.10 Å². The number of nitrogens with one attached hydrogen (secondary N) is 1. The number of likely N-dealkylation sites (tertiary alicyclic amines) is 1. The molecular weight excluding hydrogens is 372 g/mol. The summed E-state index contributed by atoms with van der Waals surface area (Å²) in [5, 5.41) is 4.90. The van der Waals surface area contributed by atoms with Crippen LogP contribution in [-0.2, 0) is 16.6 Å². The van der Waals surface area contributed by atoms with Crippen LogP contribution in [0.15, 0.2) is 35.4 Å². The average molecular weight is 397 g/mol. The maximum atomic E-state index is 12.8. The molecule has 1 saturated heterocycles. The van der Waals surface area contributed by atoms with E-state index in [0.29, 0.717) is 17.3 Å². The first-order chi connectivity index (χ1) is 12.4. The smallest absolute Gasteiger partial charge is 0.244 e. The second-order valence-corrected chi connectivity index (χ2v) is 8.71. The number of sulfonamides is 1. The molecule has 142 valence electrons. The fourth-order valence-electron chi connectivity index (χ4n) is 3.43. The molecule has 1 aromatic heterocycles. The highest BCUT2D eigenvalue weighted by Gasteiger charge is 2.28. The van der Waals surface area contributed by atoms with Gasteiger partial charge in [0.2, 0.25) is 10.0 Å². The Kier molecular flexibility index (Phi) is 6.02. The van der Waals surface area contributed by atoms with E-state index in [1.165, 1.54) is 0 Å². The van der Waals surface area contributed by atoms with Crippen LogP contribution < -0.4 is 4.72 Å². The van der Waals surface area contributed by atoms with Crippen molar-refractivity contribution >= 4 is 21.6 Å². The van der Waals surface area contributed by atoms with Gasteiger partial charge >= 0.3 is 0 Å². The summed E-state index contributed by atoms with van der Waals surface area (Å²) in [5.41, 5.74) is 1.47. The van der Waals surface area contributed by atoms with Gasteiger partial charge in [0.25, 0.3) is 0 Å². The molecule has 2 aromatic rings. The Bertz CT molecular complexity index is 860. The molecule has 1 aromatic carbocycles. The Balaban J connectivity index is 1.83. The normalized spacial score (nSPS) is 16.9. The molecule has 0 saturated carbocycles. The van der Waals surface area contributed by atoms with E-state index >= 15 is 0 Å². The van der Waals surface area contributed by atoms with Crippen LogP contribution in [0.3, 0.4) is 0 Å². The van der Waals surface area contributed by atoms with Gasteiger partial charge in [-0.3, -0.25) is 9.58 Å². The first-order valence-corrected chi connectivity index (χ1v) is 10.8. The highest BCUT2D eigenvalue weighted by atomic mass is 35.5.